The van der Waals surface area contributed by atoms with Crippen molar-refractivity contribution in [1.82, 2.24) is 15.3 Å². The van der Waals surface area contributed by atoms with E-state index in [0.29, 0.717) is 24.6 Å². The number of para-hydroxylation sites is 2. The predicted molar refractivity (Wildman–Crippen MR) is 66.8 cm³/mol. The number of benzene rings is 1. The van der Waals surface area contributed by atoms with Gasteiger partial charge in [-0.05, 0) is 12.1 Å². The lowest BCUT2D eigenvalue weighted by molar-refractivity contribution is 0.477. The molecule has 0 fully saturated rings. The molecule has 0 aliphatic carbocycles. The van der Waals surface area contributed by atoms with E-state index < -0.39 is 5.69 Å². The highest BCUT2D eigenvalue weighted by Crippen LogP contribution is 2.27. The first kappa shape index (κ1) is 10.8. The van der Waals surface area contributed by atoms with E-state index in [1.165, 1.54) is 0 Å². The van der Waals surface area contributed by atoms with Gasteiger partial charge in [0, 0.05) is 24.3 Å². The Kier molecular flexibility index (Phi) is 2.49. The van der Waals surface area contributed by atoms with Crippen LogP contribution in [0.2, 0.25) is 0 Å². The number of phenols is 1. The summed E-state index contributed by atoms with van der Waals surface area (Å²) in [6, 6.07) is 6.84. The van der Waals surface area contributed by atoms with Crippen molar-refractivity contribution in [3.8, 4) is 5.75 Å². The van der Waals surface area contributed by atoms with Crippen LogP contribution < -0.4 is 16.3 Å². The molecule has 6 heteroatoms. The molecule has 2 heterocycles. The average molecular weight is 244 g/mol. The van der Waals surface area contributed by atoms with Crippen molar-refractivity contribution in [3.63, 3.8) is 0 Å². The van der Waals surface area contributed by atoms with Crippen molar-refractivity contribution in [2.45, 2.75) is 13.1 Å². The largest absolute Gasteiger partial charge is 0.506 e. The van der Waals surface area contributed by atoms with Crippen LogP contribution in [0, 0.1) is 0 Å². The van der Waals surface area contributed by atoms with Crippen LogP contribution in [0.5, 0.6) is 5.75 Å². The van der Waals surface area contributed by atoms with Crippen molar-refractivity contribution in [2.24, 2.45) is 0 Å². The molecular weight excluding hydrogens is 232 g/mol. The van der Waals surface area contributed by atoms with Crippen LogP contribution in [0.4, 0.5) is 11.5 Å². The van der Waals surface area contributed by atoms with Gasteiger partial charge in [-0.1, -0.05) is 12.1 Å². The van der Waals surface area contributed by atoms with Crippen LogP contribution in [0.1, 0.15) is 11.3 Å². The Bertz CT molecular complexity index is 651. The first-order valence-electron chi connectivity index (χ1n) is 5.62. The first-order valence-corrected chi connectivity index (χ1v) is 5.62. The number of phenolic OH excluding ortho intramolecular Hbond substituents is 1. The van der Waals surface area contributed by atoms with E-state index in [9.17, 15) is 9.90 Å². The number of aromatic amines is 1. The molecule has 0 saturated carbocycles. The standard InChI is InChI=1S/C12H12N4O2/c17-10-4-2-1-3-8(10)14-11-7-5-13-6-9(7)15-12(18)16-11/h1-4,13,17H,5-6H2,(H2,14,15,16,18). The Morgan fingerprint density at radius 3 is 2.94 bits per heavy atom. The van der Waals surface area contributed by atoms with Gasteiger partial charge in [0.1, 0.15) is 11.6 Å². The highest BCUT2D eigenvalue weighted by atomic mass is 16.3. The number of aromatic nitrogens is 2. The summed E-state index contributed by atoms with van der Waals surface area (Å²) >= 11 is 0. The minimum absolute atomic E-state index is 0.124. The number of nitrogens with zero attached hydrogens (tertiary/aromatic N) is 1. The van der Waals surface area contributed by atoms with Gasteiger partial charge in [0.05, 0.1) is 5.69 Å². The SMILES string of the molecule is O=c1nc(Nc2ccccc2O)c2c([nH]1)CNC2. The third-order valence-corrected chi connectivity index (χ3v) is 2.88. The lowest BCUT2D eigenvalue weighted by Gasteiger charge is -2.10. The van der Waals surface area contributed by atoms with Gasteiger partial charge in [0.25, 0.3) is 0 Å². The monoisotopic (exact) mass is 244 g/mol. The zero-order valence-corrected chi connectivity index (χ0v) is 9.53. The molecule has 2 aromatic rings. The lowest BCUT2D eigenvalue weighted by Crippen LogP contribution is -2.16. The summed E-state index contributed by atoms with van der Waals surface area (Å²) in [5.41, 5.74) is 1.91. The molecule has 1 aliphatic rings. The summed E-state index contributed by atoms with van der Waals surface area (Å²) in [6.45, 7) is 1.28. The van der Waals surface area contributed by atoms with Crippen LogP contribution in [-0.2, 0) is 13.1 Å². The van der Waals surface area contributed by atoms with Crippen molar-refractivity contribution >= 4 is 11.5 Å². The first-order chi connectivity index (χ1) is 8.74. The molecule has 0 radical (unpaired) electrons. The van der Waals surface area contributed by atoms with Crippen molar-refractivity contribution in [2.75, 3.05) is 5.32 Å². The summed E-state index contributed by atoms with van der Waals surface area (Å²) in [4.78, 5) is 18.0. The number of aromatic hydroxyl groups is 1. The topological polar surface area (TPSA) is 90.0 Å². The second-order valence-corrected chi connectivity index (χ2v) is 4.09. The summed E-state index contributed by atoms with van der Waals surface area (Å²) in [5.74, 6) is 0.611. The minimum Gasteiger partial charge on any atom is -0.506 e. The van der Waals surface area contributed by atoms with E-state index in [0.717, 1.165) is 11.3 Å². The van der Waals surface area contributed by atoms with Gasteiger partial charge >= 0.3 is 5.69 Å². The third-order valence-electron chi connectivity index (χ3n) is 2.88. The van der Waals surface area contributed by atoms with Crippen LogP contribution >= 0.6 is 0 Å². The third kappa shape index (κ3) is 1.82. The van der Waals surface area contributed by atoms with Crippen LogP contribution in [0.25, 0.3) is 0 Å². The van der Waals surface area contributed by atoms with Crippen molar-refractivity contribution in [3.05, 3.63) is 46.0 Å². The van der Waals surface area contributed by atoms with E-state index in [4.69, 9.17) is 0 Å². The van der Waals surface area contributed by atoms with E-state index in [2.05, 4.69) is 20.6 Å². The number of H-pyrrole nitrogens is 1. The lowest BCUT2D eigenvalue weighted by atomic mass is 10.2. The number of anilines is 2. The van der Waals surface area contributed by atoms with Crippen molar-refractivity contribution in [1.29, 1.82) is 0 Å². The molecule has 0 amide bonds. The molecule has 4 N–H and O–H groups in total. The molecule has 6 nitrogen and oxygen atoms in total. The van der Waals surface area contributed by atoms with E-state index in [1.54, 1.807) is 24.3 Å². The molecule has 0 spiro atoms. The fourth-order valence-corrected chi connectivity index (χ4v) is 2.01. The Morgan fingerprint density at radius 2 is 2.11 bits per heavy atom. The van der Waals surface area contributed by atoms with Gasteiger partial charge in [-0.2, -0.15) is 4.98 Å². The Balaban J connectivity index is 2.04. The summed E-state index contributed by atoms with van der Waals surface area (Å²) in [5, 5.41) is 15.8. The van der Waals surface area contributed by atoms with Crippen LogP contribution in [0.3, 0.4) is 0 Å². The zero-order chi connectivity index (χ0) is 12.5. The van der Waals surface area contributed by atoms with E-state index in [-0.39, 0.29) is 5.75 Å². The highest BCUT2D eigenvalue weighted by molar-refractivity contribution is 5.66. The molecule has 0 unspecified atom stereocenters. The maximum Gasteiger partial charge on any atom is 0.347 e. The molecule has 1 aromatic carbocycles. The molecule has 3 rings (SSSR count). The van der Waals surface area contributed by atoms with E-state index >= 15 is 0 Å². The van der Waals surface area contributed by atoms with Gasteiger partial charge in [-0.3, -0.25) is 0 Å². The molecule has 0 bridgehead atoms. The molecule has 0 atom stereocenters. The molecule has 18 heavy (non-hydrogen) atoms. The average Bonchev–Trinajstić information content (AvgIpc) is 2.80. The Hall–Kier alpha value is -2.34. The molecule has 0 saturated heterocycles. The fourth-order valence-electron chi connectivity index (χ4n) is 2.01. The maximum atomic E-state index is 11.4. The number of rotatable bonds is 2. The molecular formula is C12H12N4O2. The molecule has 1 aromatic heterocycles. The summed E-state index contributed by atoms with van der Waals surface area (Å²) in [7, 11) is 0. The summed E-state index contributed by atoms with van der Waals surface area (Å²) < 4.78 is 0. The quantitative estimate of drug-likeness (QED) is 0.587. The van der Waals surface area contributed by atoms with Gasteiger partial charge in [-0.15, -0.1) is 0 Å². The highest BCUT2D eigenvalue weighted by Gasteiger charge is 2.17. The smallest absolute Gasteiger partial charge is 0.347 e. The number of nitrogens with one attached hydrogen (secondary N) is 3. The van der Waals surface area contributed by atoms with Gasteiger partial charge in [0.15, 0.2) is 0 Å². The van der Waals surface area contributed by atoms with Crippen LogP contribution in [0.15, 0.2) is 29.1 Å². The summed E-state index contributed by atoms with van der Waals surface area (Å²) in [6.07, 6.45) is 0. The van der Waals surface area contributed by atoms with Gasteiger partial charge in [0.2, 0.25) is 0 Å². The molecule has 1 aliphatic heterocycles. The predicted octanol–water partition coefficient (Wildman–Crippen LogP) is 0.822. The second-order valence-electron chi connectivity index (χ2n) is 4.09. The van der Waals surface area contributed by atoms with E-state index in [1.807, 2.05) is 0 Å². The number of hydrogen-bond donors (Lipinski definition) is 4. The Morgan fingerprint density at radius 1 is 1.28 bits per heavy atom. The normalized spacial score (nSPS) is 13.3. The Labute approximate surface area is 103 Å². The maximum absolute atomic E-state index is 11.4. The van der Waals surface area contributed by atoms with Gasteiger partial charge < -0.3 is 20.7 Å². The fraction of sp³-hybridized carbons (Fsp3) is 0.167. The van der Waals surface area contributed by atoms with Gasteiger partial charge in [-0.25, -0.2) is 4.79 Å². The van der Waals surface area contributed by atoms with Crippen LogP contribution in [-0.4, -0.2) is 15.1 Å². The zero-order valence-electron chi connectivity index (χ0n) is 9.53. The molecule has 92 valence electrons. The van der Waals surface area contributed by atoms with Crippen molar-refractivity contribution < 1.29 is 5.11 Å². The second kappa shape index (κ2) is 4.15. The minimum atomic E-state index is -0.393. The number of fused-ring (bicyclic) bond motifs is 1. The number of hydrogen-bond acceptors (Lipinski definition) is 5.